The fourth-order valence-corrected chi connectivity index (χ4v) is 9.16. The fourth-order valence-electron chi connectivity index (χ4n) is 8.52. The number of hydrogen-bond acceptors (Lipinski definition) is 5. The average Bonchev–Trinajstić information content (AvgIpc) is 3.93. The molecule has 1 saturated carbocycles. The number of Topliss-reactive ketones (excluding diaryl/α,β-unsaturated/α-hetero) is 1. The zero-order chi connectivity index (χ0) is 42.8. The van der Waals surface area contributed by atoms with Crippen LogP contribution in [0.25, 0.3) is 22.3 Å². The minimum absolute atomic E-state index is 0. The van der Waals surface area contributed by atoms with Crippen molar-refractivity contribution in [3.63, 3.8) is 0 Å². The summed E-state index contributed by atoms with van der Waals surface area (Å²) in [5, 5.41) is 20.9. The van der Waals surface area contributed by atoms with Crippen LogP contribution in [0.5, 0.6) is 0 Å². The standard InChI is InChI=1S/C18H19BClNO2.C18H17ClO.C12H15BBrNO2.3H2S/c1-19(23)21-17(9-10-18(21)22)11-13-5-7-14(8-6-13)15-3-2-4-16(20)12-15;19-17-3-1-2-16(12-17)15-7-4-13(5-8-15)10-14-6-9-18(20)11-14;1-13(17)15-11(6-7-12(15)16)8-9-2-4-10(14)5-3-9;;;/h2-8,12,17,23H,9-11H2,1H3;1-5,7-8,12,14H,6,9-11H2;2-5,11,17H,6-8H2,1H3;3*1H2/t17-;14-;11-;;;/m000.../s1. The third kappa shape index (κ3) is 15.8. The molecule has 2 heterocycles. The molecule has 3 aliphatic rings. The number of nitrogens with zero attached hydrogens (tertiary/aromatic N) is 2. The molecule has 2 amide bonds. The number of hydrogen-bond donors (Lipinski definition) is 2. The lowest BCUT2D eigenvalue weighted by Gasteiger charge is -2.25. The number of benzene rings is 5. The molecule has 0 aromatic heterocycles. The summed E-state index contributed by atoms with van der Waals surface area (Å²) in [6, 6.07) is 40.9. The molecule has 0 spiro atoms. The van der Waals surface area contributed by atoms with Crippen LogP contribution in [-0.4, -0.2) is 63.5 Å². The summed E-state index contributed by atoms with van der Waals surface area (Å²) >= 11 is 15.5. The van der Waals surface area contributed by atoms with E-state index in [1.54, 1.807) is 23.3 Å². The number of carbonyl (C=O) groups is 3. The van der Waals surface area contributed by atoms with Gasteiger partial charge in [-0.15, -0.1) is 0 Å². The van der Waals surface area contributed by atoms with Gasteiger partial charge in [-0.05, 0) is 133 Å². The lowest BCUT2D eigenvalue weighted by Crippen LogP contribution is -2.44. The van der Waals surface area contributed by atoms with E-state index in [1.165, 1.54) is 22.3 Å². The van der Waals surface area contributed by atoms with Gasteiger partial charge in [0.1, 0.15) is 5.78 Å². The largest absolute Gasteiger partial charge is 0.432 e. The van der Waals surface area contributed by atoms with Crippen molar-refractivity contribution in [1.82, 2.24) is 9.62 Å². The van der Waals surface area contributed by atoms with E-state index in [9.17, 15) is 24.4 Å². The van der Waals surface area contributed by atoms with Crippen LogP contribution in [-0.2, 0) is 33.6 Å². The van der Waals surface area contributed by atoms with Crippen molar-refractivity contribution < 1.29 is 24.4 Å². The normalized spacial score (nSPS) is 17.6. The molecule has 3 fully saturated rings. The van der Waals surface area contributed by atoms with Gasteiger partial charge in [0.2, 0.25) is 11.8 Å². The topological polar surface area (TPSA) is 98.1 Å². The molecule has 0 bridgehead atoms. The lowest BCUT2D eigenvalue weighted by atomic mass is 9.83. The second-order valence-corrected chi connectivity index (χ2v) is 17.8. The van der Waals surface area contributed by atoms with E-state index in [-0.39, 0.29) is 64.4 Å². The molecule has 334 valence electrons. The highest BCUT2D eigenvalue weighted by Crippen LogP contribution is 2.29. The summed E-state index contributed by atoms with van der Waals surface area (Å²) in [5.41, 5.74) is 8.20. The van der Waals surface area contributed by atoms with Gasteiger partial charge in [0, 0.05) is 52.3 Å². The molecule has 5 aromatic rings. The van der Waals surface area contributed by atoms with Crippen LogP contribution in [0, 0.1) is 5.92 Å². The molecule has 2 N–H and O–H groups in total. The number of halogens is 3. The Labute approximate surface area is 413 Å². The molecule has 3 atom stereocenters. The van der Waals surface area contributed by atoms with Gasteiger partial charge < -0.3 is 19.7 Å². The summed E-state index contributed by atoms with van der Waals surface area (Å²) in [7, 11) is -1.41. The molecule has 63 heavy (non-hydrogen) atoms. The van der Waals surface area contributed by atoms with E-state index in [2.05, 4.69) is 70.5 Å². The molecule has 1 aliphatic carbocycles. The highest BCUT2D eigenvalue weighted by atomic mass is 79.9. The first-order chi connectivity index (χ1) is 28.8. The Morgan fingerprint density at radius 2 is 0.952 bits per heavy atom. The first kappa shape index (κ1) is 54.2. The lowest BCUT2D eigenvalue weighted by molar-refractivity contribution is -0.126. The summed E-state index contributed by atoms with van der Waals surface area (Å²) in [4.78, 5) is 38.0. The third-order valence-electron chi connectivity index (χ3n) is 11.5. The Hall–Kier alpha value is -3.13. The van der Waals surface area contributed by atoms with Gasteiger partial charge in [-0.25, -0.2) is 0 Å². The van der Waals surface area contributed by atoms with Crippen LogP contribution in [0.1, 0.15) is 61.6 Å². The molecule has 5 aromatic carbocycles. The number of amides is 2. The van der Waals surface area contributed by atoms with Gasteiger partial charge in [-0.3, -0.25) is 14.4 Å². The van der Waals surface area contributed by atoms with Crippen molar-refractivity contribution in [3.8, 4) is 22.3 Å². The number of ketones is 1. The van der Waals surface area contributed by atoms with Crippen LogP contribution in [0.4, 0.5) is 0 Å². The number of rotatable bonds is 10. The second kappa shape index (κ2) is 26.1. The minimum atomic E-state index is -0.722. The zero-order valence-corrected chi connectivity index (χ0v) is 41.8. The van der Waals surface area contributed by atoms with Crippen LogP contribution in [0.2, 0.25) is 23.7 Å². The first-order valence-corrected chi connectivity index (χ1v) is 22.3. The van der Waals surface area contributed by atoms with Gasteiger partial charge in [-0.1, -0.05) is 124 Å². The van der Waals surface area contributed by atoms with E-state index in [0.29, 0.717) is 24.5 Å². The molecule has 2 aliphatic heterocycles. The molecule has 15 heteroatoms. The fraction of sp³-hybridized carbons (Fsp3) is 0.312. The molecule has 7 nitrogen and oxygen atoms in total. The Kier molecular flexibility index (Phi) is 22.5. The molecule has 0 radical (unpaired) electrons. The molecular formula is C48H57B2BrCl2N2O5S3. The summed E-state index contributed by atoms with van der Waals surface area (Å²) in [6.07, 6.45) is 7.88. The number of carbonyl (C=O) groups excluding carboxylic acids is 3. The van der Waals surface area contributed by atoms with Crippen molar-refractivity contribution in [3.05, 3.63) is 153 Å². The van der Waals surface area contributed by atoms with Crippen molar-refractivity contribution in [2.75, 3.05) is 0 Å². The second-order valence-electron chi connectivity index (χ2n) is 16.1. The van der Waals surface area contributed by atoms with Crippen molar-refractivity contribution in [1.29, 1.82) is 0 Å². The Morgan fingerprint density at radius 3 is 1.32 bits per heavy atom. The third-order valence-corrected chi connectivity index (χ3v) is 12.5. The predicted molar refractivity (Wildman–Crippen MR) is 280 cm³/mol. The quantitative estimate of drug-likeness (QED) is 0.136. The SMILES string of the molecule is CB(O)N1C(=O)CC[C@H]1Cc1ccc(-c2cccc(Cl)c2)cc1.CB(O)N1C(=O)CC[C@H]1Cc1ccc(Br)cc1.O=C1CC[C@@H](Cc2ccc(-c3cccc(Cl)c3)cc2)C1.S.S.S. The van der Waals surface area contributed by atoms with Gasteiger partial charge in [0.25, 0.3) is 0 Å². The zero-order valence-electron chi connectivity index (χ0n) is 35.7. The first-order valence-electron chi connectivity index (χ1n) is 20.8. The van der Waals surface area contributed by atoms with E-state index in [4.69, 9.17) is 23.2 Å². The Morgan fingerprint density at radius 1 is 0.556 bits per heavy atom. The van der Waals surface area contributed by atoms with Gasteiger partial charge in [-0.2, -0.15) is 40.5 Å². The summed E-state index contributed by atoms with van der Waals surface area (Å²) < 4.78 is 1.05. The van der Waals surface area contributed by atoms with E-state index in [0.717, 1.165) is 82.6 Å². The van der Waals surface area contributed by atoms with Crippen molar-refractivity contribution in [2.24, 2.45) is 5.92 Å². The predicted octanol–water partition coefficient (Wildman–Crippen LogP) is 11.0. The van der Waals surface area contributed by atoms with Gasteiger partial charge in [0.15, 0.2) is 0 Å². The molecule has 8 rings (SSSR count). The maximum absolute atomic E-state index is 11.8. The molecule has 0 unspecified atom stereocenters. The van der Waals surface area contributed by atoms with E-state index in [1.807, 2.05) is 66.7 Å². The van der Waals surface area contributed by atoms with Gasteiger partial charge >= 0.3 is 14.1 Å². The Balaban J connectivity index is 0.000000248. The van der Waals surface area contributed by atoms with E-state index < -0.39 is 14.1 Å². The average molecular weight is 1010 g/mol. The summed E-state index contributed by atoms with van der Waals surface area (Å²) in [5.74, 6) is 1.06. The molecular weight excluding hydrogens is 953 g/mol. The van der Waals surface area contributed by atoms with Crippen LogP contribution < -0.4 is 0 Å². The summed E-state index contributed by atoms with van der Waals surface area (Å²) in [6.45, 7) is 3.30. The highest BCUT2D eigenvalue weighted by Gasteiger charge is 2.36. The van der Waals surface area contributed by atoms with Crippen molar-refractivity contribution in [2.45, 2.75) is 89.9 Å². The Bertz CT molecular complexity index is 2240. The smallest absolute Gasteiger partial charge is 0.411 e. The van der Waals surface area contributed by atoms with Crippen LogP contribution in [0.15, 0.2) is 126 Å². The van der Waals surface area contributed by atoms with Crippen LogP contribution >= 0.6 is 79.6 Å². The minimum Gasteiger partial charge on any atom is -0.432 e. The monoisotopic (exact) mass is 1010 g/mol. The van der Waals surface area contributed by atoms with E-state index >= 15 is 0 Å². The maximum atomic E-state index is 11.8. The van der Waals surface area contributed by atoms with Crippen LogP contribution in [0.3, 0.4) is 0 Å². The van der Waals surface area contributed by atoms with Gasteiger partial charge in [0.05, 0.1) is 0 Å². The highest BCUT2D eigenvalue weighted by molar-refractivity contribution is 9.10. The maximum Gasteiger partial charge on any atom is 0.411 e. The molecule has 2 saturated heterocycles. The van der Waals surface area contributed by atoms with Crippen molar-refractivity contribution >= 4 is 111 Å².